The van der Waals surface area contributed by atoms with Gasteiger partial charge in [0.05, 0.1) is 41.8 Å². The molecule has 2 amide bonds. The standard InChI is InChI=1S/C21H32N2O4/c1-21(2,22-19(24)15-9-13-5-7-17(15)26-13)11-23(12-3-4-12)20(25)16-10-14-6-8-18(16)27-14/h12-18H,3-11H2,1-2H3,(H,22,24). The fourth-order valence-electron chi connectivity index (χ4n) is 5.69. The van der Waals surface area contributed by atoms with Crippen molar-refractivity contribution in [2.75, 3.05) is 6.54 Å². The maximum Gasteiger partial charge on any atom is 0.228 e. The third-order valence-electron chi connectivity index (χ3n) is 7.16. The summed E-state index contributed by atoms with van der Waals surface area (Å²) >= 11 is 0. The second-order valence-corrected chi connectivity index (χ2v) is 10.0. The molecule has 0 radical (unpaired) electrons. The predicted molar refractivity (Wildman–Crippen MR) is 99.0 cm³/mol. The van der Waals surface area contributed by atoms with Crippen LogP contribution in [0.1, 0.15) is 65.2 Å². The van der Waals surface area contributed by atoms with Gasteiger partial charge in [0.2, 0.25) is 11.8 Å². The highest BCUT2D eigenvalue weighted by molar-refractivity contribution is 5.82. The normalized spacial score (nSPS) is 39.8. The molecule has 0 spiro atoms. The molecule has 5 rings (SSSR count). The number of ether oxygens (including phenoxy) is 2. The van der Waals surface area contributed by atoms with E-state index in [1.54, 1.807) is 0 Å². The summed E-state index contributed by atoms with van der Waals surface area (Å²) in [5.41, 5.74) is -0.435. The fraction of sp³-hybridized carbons (Fsp3) is 0.905. The molecule has 0 aromatic carbocycles. The summed E-state index contributed by atoms with van der Waals surface area (Å²) in [6.45, 7) is 4.66. The Balaban J connectivity index is 1.22. The molecule has 27 heavy (non-hydrogen) atoms. The van der Waals surface area contributed by atoms with Crippen molar-refractivity contribution >= 4 is 11.8 Å². The summed E-state index contributed by atoms with van der Waals surface area (Å²) in [6, 6.07) is 0.346. The van der Waals surface area contributed by atoms with Crippen LogP contribution < -0.4 is 5.32 Å². The van der Waals surface area contributed by atoms with Gasteiger partial charge in [-0.15, -0.1) is 0 Å². The first-order valence-electron chi connectivity index (χ1n) is 10.8. The summed E-state index contributed by atoms with van der Waals surface area (Å²) in [6.07, 6.45) is 8.87. The molecule has 150 valence electrons. The molecule has 4 bridgehead atoms. The second-order valence-electron chi connectivity index (χ2n) is 10.0. The van der Waals surface area contributed by atoms with E-state index in [1.807, 2.05) is 18.7 Å². The average Bonchev–Trinajstić information content (AvgIpc) is 3.03. The topological polar surface area (TPSA) is 67.9 Å². The van der Waals surface area contributed by atoms with Crippen LogP contribution in [0.2, 0.25) is 0 Å². The van der Waals surface area contributed by atoms with Crippen LogP contribution in [-0.4, -0.2) is 59.3 Å². The van der Waals surface area contributed by atoms with Crippen molar-refractivity contribution in [2.24, 2.45) is 11.8 Å². The van der Waals surface area contributed by atoms with E-state index < -0.39 is 5.54 Å². The molecule has 1 aliphatic carbocycles. The number of rotatable bonds is 6. The summed E-state index contributed by atoms with van der Waals surface area (Å²) < 4.78 is 11.8. The van der Waals surface area contributed by atoms with E-state index in [0.29, 0.717) is 12.6 Å². The number of carbonyl (C=O) groups is 2. The zero-order valence-electron chi connectivity index (χ0n) is 16.5. The van der Waals surface area contributed by atoms with Gasteiger partial charge in [0.1, 0.15) is 0 Å². The van der Waals surface area contributed by atoms with Gasteiger partial charge >= 0.3 is 0 Å². The third kappa shape index (κ3) is 3.39. The lowest BCUT2D eigenvalue weighted by atomic mass is 9.87. The lowest BCUT2D eigenvalue weighted by molar-refractivity contribution is -0.140. The minimum atomic E-state index is -0.435. The van der Waals surface area contributed by atoms with Crippen molar-refractivity contribution < 1.29 is 19.1 Å². The van der Waals surface area contributed by atoms with E-state index in [0.717, 1.165) is 51.4 Å². The van der Waals surface area contributed by atoms with Gasteiger partial charge in [-0.25, -0.2) is 0 Å². The molecule has 6 heteroatoms. The molecule has 4 saturated heterocycles. The van der Waals surface area contributed by atoms with Gasteiger partial charge in [-0.3, -0.25) is 9.59 Å². The monoisotopic (exact) mass is 376 g/mol. The van der Waals surface area contributed by atoms with Crippen molar-refractivity contribution in [3.63, 3.8) is 0 Å². The summed E-state index contributed by atoms with van der Waals surface area (Å²) in [4.78, 5) is 28.1. The maximum atomic E-state index is 13.3. The van der Waals surface area contributed by atoms with Gasteiger partial charge in [-0.2, -0.15) is 0 Å². The van der Waals surface area contributed by atoms with Crippen LogP contribution in [0.5, 0.6) is 0 Å². The molecule has 5 fully saturated rings. The minimum absolute atomic E-state index is 0.0212. The number of fused-ring (bicyclic) bond motifs is 4. The van der Waals surface area contributed by atoms with E-state index in [1.165, 1.54) is 0 Å². The van der Waals surface area contributed by atoms with E-state index >= 15 is 0 Å². The molecular weight excluding hydrogens is 344 g/mol. The van der Waals surface area contributed by atoms with Crippen molar-refractivity contribution in [2.45, 2.75) is 101 Å². The summed E-state index contributed by atoms with van der Waals surface area (Å²) in [5.74, 6) is 0.343. The Morgan fingerprint density at radius 3 is 2.00 bits per heavy atom. The van der Waals surface area contributed by atoms with Crippen LogP contribution in [0.25, 0.3) is 0 Å². The zero-order chi connectivity index (χ0) is 18.8. The SMILES string of the molecule is CC(C)(CN(C(=O)C1CC2CCC1O2)C1CC1)NC(=O)C1CC2CCC1O2. The number of nitrogens with one attached hydrogen (secondary N) is 1. The Hall–Kier alpha value is -1.14. The smallest absolute Gasteiger partial charge is 0.228 e. The molecule has 4 heterocycles. The van der Waals surface area contributed by atoms with Gasteiger partial charge in [-0.05, 0) is 65.2 Å². The highest BCUT2D eigenvalue weighted by Gasteiger charge is 2.49. The van der Waals surface area contributed by atoms with Crippen LogP contribution >= 0.6 is 0 Å². The van der Waals surface area contributed by atoms with Gasteiger partial charge in [-0.1, -0.05) is 0 Å². The molecule has 5 aliphatic rings. The molecule has 6 atom stereocenters. The molecule has 1 saturated carbocycles. The molecule has 0 aromatic rings. The Kier molecular flexibility index (Phi) is 4.28. The van der Waals surface area contributed by atoms with Gasteiger partial charge < -0.3 is 19.7 Å². The Labute approximate surface area is 161 Å². The first-order chi connectivity index (χ1) is 12.9. The summed E-state index contributed by atoms with van der Waals surface area (Å²) in [5, 5.41) is 3.23. The minimum Gasteiger partial charge on any atom is -0.374 e. The van der Waals surface area contributed by atoms with Crippen LogP contribution in [-0.2, 0) is 19.1 Å². The van der Waals surface area contributed by atoms with E-state index in [4.69, 9.17) is 9.47 Å². The first kappa shape index (κ1) is 17.9. The molecule has 1 N–H and O–H groups in total. The summed E-state index contributed by atoms with van der Waals surface area (Å²) in [7, 11) is 0. The van der Waals surface area contributed by atoms with Gasteiger partial charge in [0.15, 0.2) is 0 Å². The number of hydrogen-bond acceptors (Lipinski definition) is 4. The number of hydrogen-bond donors (Lipinski definition) is 1. The van der Waals surface area contributed by atoms with Crippen molar-refractivity contribution in [1.82, 2.24) is 10.2 Å². The van der Waals surface area contributed by atoms with Crippen LogP contribution in [0.4, 0.5) is 0 Å². The van der Waals surface area contributed by atoms with Gasteiger partial charge in [0, 0.05) is 12.6 Å². The maximum absolute atomic E-state index is 13.3. The Bertz CT molecular complexity index is 632. The van der Waals surface area contributed by atoms with Crippen LogP contribution in [0.3, 0.4) is 0 Å². The fourth-order valence-corrected chi connectivity index (χ4v) is 5.69. The van der Waals surface area contributed by atoms with Gasteiger partial charge in [0.25, 0.3) is 0 Å². The van der Waals surface area contributed by atoms with E-state index in [9.17, 15) is 9.59 Å². The third-order valence-corrected chi connectivity index (χ3v) is 7.16. The number of nitrogens with zero attached hydrogens (tertiary/aromatic N) is 1. The van der Waals surface area contributed by atoms with Crippen molar-refractivity contribution in [1.29, 1.82) is 0 Å². The molecule has 4 aliphatic heterocycles. The largest absolute Gasteiger partial charge is 0.374 e. The zero-order valence-corrected chi connectivity index (χ0v) is 16.5. The van der Waals surface area contributed by atoms with Crippen LogP contribution in [0, 0.1) is 11.8 Å². The van der Waals surface area contributed by atoms with Crippen LogP contribution in [0.15, 0.2) is 0 Å². The highest BCUT2D eigenvalue weighted by Crippen LogP contribution is 2.42. The Morgan fingerprint density at radius 2 is 1.52 bits per heavy atom. The van der Waals surface area contributed by atoms with E-state index in [-0.39, 0.29) is 48.1 Å². The van der Waals surface area contributed by atoms with Crippen molar-refractivity contribution in [3.05, 3.63) is 0 Å². The molecule has 6 unspecified atom stereocenters. The second kappa shape index (κ2) is 6.45. The first-order valence-corrected chi connectivity index (χ1v) is 10.8. The highest BCUT2D eigenvalue weighted by atomic mass is 16.5. The quantitative estimate of drug-likeness (QED) is 0.770. The Morgan fingerprint density at radius 1 is 0.926 bits per heavy atom. The molecule has 0 aromatic heterocycles. The lowest BCUT2D eigenvalue weighted by Crippen LogP contribution is -2.56. The lowest BCUT2D eigenvalue weighted by Gasteiger charge is -2.37. The molecular formula is C21H32N2O4. The average molecular weight is 376 g/mol. The number of carbonyl (C=O) groups excluding carboxylic acids is 2. The van der Waals surface area contributed by atoms with E-state index in [2.05, 4.69) is 5.32 Å². The number of amides is 2. The molecule has 6 nitrogen and oxygen atoms in total. The van der Waals surface area contributed by atoms with Crippen molar-refractivity contribution in [3.8, 4) is 0 Å². The predicted octanol–water partition coefficient (Wildman–Crippen LogP) is 2.01.